The molecule has 0 aliphatic carbocycles. The highest BCUT2D eigenvalue weighted by atomic mass is 35.5. The smallest absolute Gasteiger partial charge is 0.253 e. The maximum Gasteiger partial charge on any atom is 0.253 e. The van der Waals surface area contributed by atoms with Gasteiger partial charge in [0.1, 0.15) is 6.04 Å². The van der Waals surface area contributed by atoms with E-state index in [-0.39, 0.29) is 5.91 Å². The lowest BCUT2D eigenvalue weighted by Crippen LogP contribution is -2.41. The molecule has 2 aromatic carbocycles. The monoisotopic (exact) mass is 401 g/mol. The van der Waals surface area contributed by atoms with Gasteiger partial charge in [-0.25, -0.2) is 0 Å². The molecule has 0 saturated heterocycles. The van der Waals surface area contributed by atoms with E-state index >= 15 is 0 Å². The van der Waals surface area contributed by atoms with Gasteiger partial charge in [-0.05, 0) is 51.1 Å². The number of nitrogens with zero attached hydrogens (tertiary/aromatic N) is 1. The van der Waals surface area contributed by atoms with Crippen molar-refractivity contribution in [2.24, 2.45) is 0 Å². The fourth-order valence-corrected chi connectivity index (χ4v) is 2.88. The Morgan fingerprint density at radius 1 is 1.04 bits per heavy atom. The predicted molar refractivity (Wildman–Crippen MR) is 111 cm³/mol. The molecule has 0 aliphatic rings. The molecule has 0 aliphatic heterocycles. The molecule has 6 nitrogen and oxygen atoms in total. The lowest BCUT2D eigenvalue weighted by molar-refractivity contribution is -0.117. The molecule has 0 aromatic heterocycles. The number of carbonyl (C=O) groups is 3. The Bertz CT molecular complexity index is 865. The highest BCUT2D eigenvalue weighted by molar-refractivity contribution is 6.33. The summed E-state index contributed by atoms with van der Waals surface area (Å²) in [6, 6.07) is 12.6. The summed E-state index contributed by atoms with van der Waals surface area (Å²) in [5.74, 6) is -0.923. The van der Waals surface area contributed by atoms with Gasteiger partial charge >= 0.3 is 0 Å². The Morgan fingerprint density at radius 2 is 1.71 bits per heavy atom. The number of rotatable bonds is 7. The SMILES string of the molecule is CCN(CC)C(=O)c1cccc(NC(=O)C(C)NC(=O)c2ccccc2Cl)c1. The van der Waals surface area contributed by atoms with Gasteiger partial charge < -0.3 is 15.5 Å². The predicted octanol–water partition coefficient (Wildman–Crippen LogP) is 3.58. The number of hydrogen-bond acceptors (Lipinski definition) is 3. The standard InChI is InChI=1S/C21H24ClN3O3/c1-4-25(5-2)21(28)15-9-8-10-16(13-15)24-19(26)14(3)23-20(27)17-11-6-7-12-18(17)22/h6-14H,4-5H2,1-3H3,(H,23,27)(H,24,26). The van der Waals surface area contributed by atoms with Crippen LogP contribution >= 0.6 is 11.6 Å². The van der Waals surface area contributed by atoms with E-state index in [2.05, 4.69) is 10.6 Å². The van der Waals surface area contributed by atoms with Crippen molar-refractivity contribution in [1.82, 2.24) is 10.2 Å². The summed E-state index contributed by atoms with van der Waals surface area (Å²) in [5.41, 5.74) is 1.28. The molecule has 1 atom stereocenters. The molecule has 0 radical (unpaired) electrons. The first-order valence-corrected chi connectivity index (χ1v) is 9.50. The molecule has 0 saturated carbocycles. The summed E-state index contributed by atoms with van der Waals surface area (Å²) in [6.07, 6.45) is 0. The van der Waals surface area contributed by atoms with Crippen molar-refractivity contribution >= 4 is 35.0 Å². The summed E-state index contributed by atoms with van der Waals surface area (Å²) in [4.78, 5) is 38.9. The quantitative estimate of drug-likeness (QED) is 0.744. The van der Waals surface area contributed by atoms with E-state index in [4.69, 9.17) is 11.6 Å². The van der Waals surface area contributed by atoms with E-state index in [1.54, 1.807) is 60.4 Å². The zero-order chi connectivity index (χ0) is 20.7. The van der Waals surface area contributed by atoms with Crippen LogP contribution < -0.4 is 10.6 Å². The number of nitrogens with one attached hydrogen (secondary N) is 2. The van der Waals surface area contributed by atoms with Gasteiger partial charge in [-0.1, -0.05) is 29.8 Å². The summed E-state index contributed by atoms with van der Waals surface area (Å²) in [6.45, 7) is 6.62. The van der Waals surface area contributed by atoms with Gasteiger partial charge in [0.2, 0.25) is 5.91 Å². The average molecular weight is 402 g/mol. The Morgan fingerprint density at radius 3 is 2.36 bits per heavy atom. The molecule has 0 heterocycles. The van der Waals surface area contributed by atoms with Gasteiger partial charge in [0.15, 0.2) is 0 Å². The highest BCUT2D eigenvalue weighted by Crippen LogP contribution is 2.16. The van der Waals surface area contributed by atoms with Gasteiger partial charge in [0.05, 0.1) is 10.6 Å². The van der Waals surface area contributed by atoms with Crippen LogP contribution in [-0.2, 0) is 4.79 Å². The van der Waals surface area contributed by atoms with E-state index in [1.165, 1.54) is 0 Å². The molecule has 2 aromatic rings. The molecule has 0 bridgehead atoms. The van der Waals surface area contributed by atoms with Gasteiger partial charge in [0, 0.05) is 24.3 Å². The third-order valence-electron chi connectivity index (χ3n) is 4.29. The van der Waals surface area contributed by atoms with Crippen LogP contribution in [0.3, 0.4) is 0 Å². The average Bonchev–Trinajstić information content (AvgIpc) is 2.69. The first-order chi connectivity index (χ1) is 13.4. The van der Waals surface area contributed by atoms with E-state index < -0.39 is 17.9 Å². The molecule has 2 N–H and O–H groups in total. The minimum Gasteiger partial charge on any atom is -0.340 e. The summed E-state index contributed by atoms with van der Waals surface area (Å²) < 4.78 is 0. The van der Waals surface area contributed by atoms with Gasteiger partial charge in [0.25, 0.3) is 11.8 Å². The fourth-order valence-electron chi connectivity index (χ4n) is 2.66. The van der Waals surface area contributed by atoms with Gasteiger partial charge in [-0.3, -0.25) is 14.4 Å². The van der Waals surface area contributed by atoms with Crippen LogP contribution in [0, 0.1) is 0 Å². The minimum absolute atomic E-state index is 0.0961. The summed E-state index contributed by atoms with van der Waals surface area (Å²) in [5, 5.41) is 5.66. The number of carbonyl (C=O) groups excluding carboxylic acids is 3. The van der Waals surface area contributed by atoms with Crippen molar-refractivity contribution in [3.63, 3.8) is 0 Å². The van der Waals surface area contributed by atoms with Crippen LogP contribution in [-0.4, -0.2) is 41.8 Å². The van der Waals surface area contributed by atoms with E-state index in [0.29, 0.717) is 34.9 Å². The first kappa shape index (κ1) is 21.4. The third-order valence-corrected chi connectivity index (χ3v) is 4.62. The zero-order valence-corrected chi connectivity index (χ0v) is 16.9. The molecule has 2 rings (SSSR count). The third kappa shape index (κ3) is 5.33. The Balaban J connectivity index is 2.04. The largest absolute Gasteiger partial charge is 0.340 e. The number of anilines is 1. The molecule has 7 heteroatoms. The van der Waals surface area contributed by atoms with Gasteiger partial charge in [-0.2, -0.15) is 0 Å². The maximum atomic E-state index is 12.5. The van der Waals surface area contributed by atoms with Crippen LogP contribution in [0.5, 0.6) is 0 Å². The van der Waals surface area contributed by atoms with Crippen LogP contribution in [0.2, 0.25) is 5.02 Å². The Hall–Kier alpha value is -2.86. The second kappa shape index (κ2) is 9.90. The van der Waals surface area contributed by atoms with Crippen molar-refractivity contribution < 1.29 is 14.4 Å². The minimum atomic E-state index is -0.786. The number of amides is 3. The Kier molecular flexibility index (Phi) is 7.58. The van der Waals surface area contributed by atoms with Crippen LogP contribution in [0.1, 0.15) is 41.5 Å². The second-order valence-corrected chi connectivity index (χ2v) is 6.63. The van der Waals surface area contributed by atoms with Crippen molar-refractivity contribution in [2.75, 3.05) is 18.4 Å². The molecule has 148 valence electrons. The topological polar surface area (TPSA) is 78.5 Å². The van der Waals surface area contributed by atoms with Crippen LogP contribution in [0.15, 0.2) is 48.5 Å². The molecule has 0 fully saturated rings. The van der Waals surface area contributed by atoms with E-state index in [9.17, 15) is 14.4 Å². The van der Waals surface area contributed by atoms with Crippen molar-refractivity contribution in [2.45, 2.75) is 26.8 Å². The van der Waals surface area contributed by atoms with Crippen molar-refractivity contribution in [3.05, 3.63) is 64.7 Å². The van der Waals surface area contributed by atoms with Crippen molar-refractivity contribution in [3.8, 4) is 0 Å². The van der Waals surface area contributed by atoms with Gasteiger partial charge in [-0.15, -0.1) is 0 Å². The highest BCUT2D eigenvalue weighted by Gasteiger charge is 2.19. The molecule has 0 spiro atoms. The first-order valence-electron chi connectivity index (χ1n) is 9.13. The molecule has 28 heavy (non-hydrogen) atoms. The van der Waals surface area contributed by atoms with Crippen molar-refractivity contribution in [1.29, 1.82) is 0 Å². The van der Waals surface area contributed by atoms with E-state index in [0.717, 1.165) is 0 Å². The number of benzene rings is 2. The lowest BCUT2D eigenvalue weighted by Gasteiger charge is -2.19. The number of hydrogen-bond donors (Lipinski definition) is 2. The second-order valence-electron chi connectivity index (χ2n) is 6.22. The molecular formula is C21H24ClN3O3. The Labute approximate surface area is 169 Å². The lowest BCUT2D eigenvalue weighted by atomic mass is 10.1. The molecule has 1 unspecified atom stereocenters. The summed E-state index contributed by atoms with van der Waals surface area (Å²) in [7, 11) is 0. The van der Waals surface area contributed by atoms with Crippen LogP contribution in [0.4, 0.5) is 5.69 Å². The fraction of sp³-hybridized carbons (Fsp3) is 0.286. The summed E-state index contributed by atoms with van der Waals surface area (Å²) >= 11 is 6.01. The maximum absolute atomic E-state index is 12.5. The number of halogens is 1. The zero-order valence-electron chi connectivity index (χ0n) is 16.2. The normalized spacial score (nSPS) is 11.4. The molecular weight excluding hydrogens is 378 g/mol. The molecule has 3 amide bonds. The van der Waals surface area contributed by atoms with E-state index in [1.807, 2.05) is 13.8 Å². The van der Waals surface area contributed by atoms with Crippen LogP contribution in [0.25, 0.3) is 0 Å².